The second kappa shape index (κ2) is 7.20. The Morgan fingerprint density at radius 3 is 2.27 bits per heavy atom. The molecule has 3 nitrogen and oxygen atoms in total. The first kappa shape index (κ1) is 12.9. The zero-order valence-electron chi connectivity index (χ0n) is 10.2. The van der Waals surface area contributed by atoms with Gasteiger partial charge in [0, 0.05) is 26.2 Å². The molecule has 1 rings (SSSR count). The minimum absolute atomic E-state index is 0.455. The van der Waals surface area contributed by atoms with Gasteiger partial charge in [0.05, 0.1) is 0 Å². The van der Waals surface area contributed by atoms with Gasteiger partial charge < -0.3 is 4.90 Å². The molecule has 0 aliphatic carbocycles. The minimum Gasteiger partial charge on any atom is -0.301 e. The van der Waals surface area contributed by atoms with Gasteiger partial charge in [-0.3, -0.25) is 4.90 Å². The summed E-state index contributed by atoms with van der Waals surface area (Å²) in [6, 6.07) is 0. The normalized spacial score (nSPS) is 21.8. The molecule has 0 aromatic carbocycles. The fourth-order valence-corrected chi connectivity index (χ4v) is 2.09. The molecule has 1 fully saturated rings. The first-order valence-electron chi connectivity index (χ1n) is 6.40. The van der Waals surface area contributed by atoms with Gasteiger partial charge in [-0.05, 0) is 19.4 Å². The van der Waals surface area contributed by atoms with Crippen LogP contribution < -0.4 is 0 Å². The van der Waals surface area contributed by atoms with Crippen molar-refractivity contribution in [3.63, 3.8) is 0 Å². The summed E-state index contributed by atoms with van der Waals surface area (Å²) >= 11 is 0. The molecule has 0 saturated carbocycles. The third-order valence-electron chi connectivity index (χ3n) is 3.18. The maximum Gasteiger partial charge on any atom is 0.146 e. The zero-order chi connectivity index (χ0) is 11.1. The minimum atomic E-state index is -0.455. The van der Waals surface area contributed by atoms with Gasteiger partial charge in [0.15, 0.2) is 0 Å². The molecule has 89 valence electrons. The Hall–Kier alpha value is -0.120. The SMILES string of the molecule is CCCCN1CCN(C([O])CCC)CC1. The quantitative estimate of drug-likeness (QED) is 0.674. The van der Waals surface area contributed by atoms with E-state index in [2.05, 4.69) is 23.6 Å². The molecule has 1 aliphatic rings. The number of piperazine rings is 1. The molecule has 0 aromatic heterocycles. The van der Waals surface area contributed by atoms with Crippen LogP contribution in [0.3, 0.4) is 0 Å². The van der Waals surface area contributed by atoms with E-state index in [1.54, 1.807) is 0 Å². The Kier molecular flexibility index (Phi) is 6.22. The Morgan fingerprint density at radius 2 is 1.73 bits per heavy atom. The van der Waals surface area contributed by atoms with Gasteiger partial charge in [-0.2, -0.15) is 0 Å². The first-order valence-corrected chi connectivity index (χ1v) is 6.40. The summed E-state index contributed by atoms with van der Waals surface area (Å²) in [7, 11) is 0. The fraction of sp³-hybridized carbons (Fsp3) is 1.00. The summed E-state index contributed by atoms with van der Waals surface area (Å²) in [5.74, 6) is 0. The third-order valence-corrected chi connectivity index (χ3v) is 3.18. The Morgan fingerprint density at radius 1 is 1.07 bits per heavy atom. The lowest BCUT2D eigenvalue weighted by Crippen LogP contribution is -2.50. The highest BCUT2D eigenvalue weighted by molar-refractivity contribution is 4.73. The van der Waals surface area contributed by atoms with Gasteiger partial charge in [-0.1, -0.05) is 26.7 Å². The van der Waals surface area contributed by atoms with Crippen molar-refractivity contribution in [2.75, 3.05) is 32.7 Å². The van der Waals surface area contributed by atoms with Crippen molar-refractivity contribution in [2.45, 2.75) is 45.8 Å². The number of rotatable bonds is 6. The summed E-state index contributed by atoms with van der Waals surface area (Å²) in [5.41, 5.74) is 0. The van der Waals surface area contributed by atoms with Gasteiger partial charge in [0.1, 0.15) is 6.23 Å². The van der Waals surface area contributed by atoms with Crippen molar-refractivity contribution in [1.29, 1.82) is 0 Å². The van der Waals surface area contributed by atoms with Crippen LogP contribution in [0.5, 0.6) is 0 Å². The molecule has 1 atom stereocenters. The van der Waals surface area contributed by atoms with Crippen molar-refractivity contribution >= 4 is 0 Å². The molecule has 0 N–H and O–H groups in total. The highest BCUT2D eigenvalue weighted by atomic mass is 16.3. The smallest absolute Gasteiger partial charge is 0.146 e. The van der Waals surface area contributed by atoms with Gasteiger partial charge >= 0.3 is 0 Å². The zero-order valence-corrected chi connectivity index (χ0v) is 10.2. The summed E-state index contributed by atoms with van der Waals surface area (Å²) in [6.45, 7) is 9.63. The largest absolute Gasteiger partial charge is 0.301 e. The molecule has 1 saturated heterocycles. The van der Waals surface area contributed by atoms with Crippen LogP contribution in [0.25, 0.3) is 0 Å². The van der Waals surface area contributed by atoms with Crippen LogP contribution in [0.4, 0.5) is 0 Å². The molecule has 15 heavy (non-hydrogen) atoms. The molecule has 0 aromatic rings. The van der Waals surface area contributed by atoms with Crippen LogP contribution in [0, 0.1) is 0 Å². The van der Waals surface area contributed by atoms with Crippen LogP contribution in [0.2, 0.25) is 0 Å². The Balaban J connectivity index is 2.17. The van der Waals surface area contributed by atoms with Gasteiger partial charge in [-0.15, -0.1) is 0 Å². The third kappa shape index (κ3) is 4.49. The monoisotopic (exact) mass is 213 g/mol. The molecule has 1 heterocycles. The number of hydrogen-bond acceptors (Lipinski definition) is 2. The number of hydrogen-bond donors (Lipinski definition) is 0. The van der Waals surface area contributed by atoms with Crippen molar-refractivity contribution in [3.8, 4) is 0 Å². The summed E-state index contributed by atoms with van der Waals surface area (Å²) in [5, 5.41) is 11.7. The van der Waals surface area contributed by atoms with Gasteiger partial charge in [0.25, 0.3) is 0 Å². The van der Waals surface area contributed by atoms with E-state index in [9.17, 15) is 5.11 Å². The molecule has 0 amide bonds. The van der Waals surface area contributed by atoms with E-state index in [0.29, 0.717) is 0 Å². The maximum absolute atomic E-state index is 11.7. The van der Waals surface area contributed by atoms with Crippen molar-refractivity contribution in [3.05, 3.63) is 0 Å². The van der Waals surface area contributed by atoms with Crippen LogP contribution in [0.1, 0.15) is 39.5 Å². The summed E-state index contributed by atoms with van der Waals surface area (Å²) < 4.78 is 0. The van der Waals surface area contributed by atoms with Crippen LogP contribution in [-0.4, -0.2) is 48.8 Å². The lowest BCUT2D eigenvalue weighted by atomic mass is 10.2. The van der Waals surface area contributed by atoms with Crippen LogP contribution >= 0.6 is 0 Å². The number of nitrogens with zero attached hydrogens (tertiary/aromatic N) is 2. The van der Waals surface area contributed by atoms with Crippen molar-refractivity contribution in [1.82, 2.24) is 9.80 Å². The van der Waals surface area contributed by atoms with E-state index >= 15 is 0 Å². The average molecular weight is 213 g/mol. The molecule has 1 aliphatic heterocycles. The van der Waals surface area contributed by atoms with Crippen molar-refractivity contribution in [2.24, 2.45) is 0 Å². The Labute approximate surface area is 94.1 Å². The second-order valence-corrected chi connectivity index (χ2v) is 4.47. The molecule has 1 unspecified atom stereocenters. The summed E-state index contributed by atoms with van der Waals surface area (Å²) in [6.07, 6.45) is 3.90. The van der Waals surface area contributed by atoms with E-state index in [1.807, 2.05) is 0 Å². The molecule has 0 bridgehead atoms. The molecular weight excluding hydrogens is 188 g/mol. The van der Waals surface area contributed by atoms with E-state index in [-0.39, 0.29) is 0 Å². The topological polar surface area (TPSA) is 26.4 Å². The molecule has 1 radical (unpaired) electrons. The molecule has 3 heteroatoms. The van der Waals surface area contributed by atoms with Crippen molar-refractivity contribution < 1.29 is 5.11 Å². The van der Waals surface area contributed by atoms with E-state index in [4.69, 9.17) is 0 Å². The lowest BCUT2D eigenvalue weighted by molar-refractivity contribution is -0.0725. The lowest BCUT2D eigenvalue weighted by Gasteiger charge is -2.36. The van der Waals surface area contributed by atoms with E-state index in [0.717, 1.165) is 39.0 Å². The predicted molar refractivity (Wildman–Crippen MR) is 62.3 cm³/mol. The van der Waals surface area contributed by atoms with Crippen LogP contribution in [0.15, 0.2) is 0 Å². The van der Waals surface area contributed by atoms with E-state index < -0.39 is 6.23 Å². The fourth-order valence-electron chi connectivity index (χ4n) is 2.09. The second-order valence-electron chi connectivity index (χ2n) is 4.47. The average Bonchev–Trinajstić information content (AvgIpc) is 2.27. The highest BCUT2D eigenvalue weighted by Gasteiger charge is 2.21. The maximum atomic E-state index is 11.7. The molecule has 0 spiro atoms. The highest BCUT2D eigenvalue weighted by Crippen LogP contribution is 2.09. The van der Waals surface area contributed by atoms with E-state index in [1.165, 1.54) is 19.4 Å². The standard InChI is InChI=1S/C12H25N2O/c1-3-5-7-13-8-10-14(11-9-13)12(15)6-4-2/h12H,3-11H2,1-2H3. The van der Waals surface area contributed by atoms with Gasteiger partial charge in [0.2, 0.25) is 0 Å². The predicted octanol–water partition coefficient (Wildman–Crippen LogP) is 1.96. The number of unbranched alkanes of at least 4 members (excludes halogenated alkanes) is 1. The summed E-state index contributed by atoms with van der Waals surface area (Å²) in [4.78, 5) is 4.59. The Bertz CT molecular complexity index is 156. The van der Waals surface area contributed by atoms with Crippen LogP contribution in [-0.2, 0) is 5.11 Å². The first-order chi connectivity index (χ1) is 7.27. The van der Waals surface area contributed by atoms with Gasteiger partial charge in [-0.25, -0.2) is 5.11 Å². The molecular formula is C12H25N2O.